The van der Waals surface area contributed by atoms with Crippen molar-refractivity contribution in [3.63, 3.8) is 0 Å². The lowest BCUT2D eigenvalue weighted by molar-refractivity contribution is 0.349. The van der Waals surface area contributed by atoms with Crippen LogP contribution in [0.5, 0.6) is 0 Å². The number of hydrogen-bond acceptors (Lipinski definition) is 4. The van der Waals surface area contributed by atoms with Gasteiger partial charge >= 0.3 is 0 Å². The number of halogens is 2. The Balaban J connectivity index is 1.68. The number of hydrogen-bond donors (Lipinski definition) is 1. The molecule has 138 valence electrons. The van der Waals surface area contributed by atoms with Gasteiger partial charge in [0.1, 0.15) is 17.5 Å². The second-order valence-corrected chi connectivity index (χ2v) is 8.28. The molecular weight excluding hydrogens is 367 g/mol. The molecule has 1 N–H and O–H groups in total. The number of aryl methyl sites for hydroxylation is 1. The fourth-order valence-electron chi connectivity index (χ4n) is 4.12. The first-order valence-corrected chi connectivity index (χ1v) is 10.1. The van der Waals surface area contributed by atoms with Crippen LogP contribution in [0.15, 0.2) is 18.2 Å². The first-order chi connectivity index (χ1) is 12.5. The molecule has 2 unspecified atom stereocenters. The molecule has 1 aromatic carbocycles. The normalized spacial score (nSPS) is 22.4. The van der Waals surface area contributed by atoms with E-state index in [1.54, 1.807) is 6.07 Å². The number of nitrogens with one attached hydrogen (secondary N) is 1. The van der Waals surface area contributed by atoms with Crippen LogP contribution in [0.1, 0.15) is 44.0 Å². The van der Waals surface area contributed by atoms with Crippen LogP contribution in [0.4, 0.5) is 17.3 Å². The van der Waals surface area contributed by atoms with E-state index in [2.05, 4.69) is 17.1 Å². The van der Waals surface area contributed by atoms with Gasteiger partial charge in [-0.25, -0.2) is 9.97 Å². The quantitative estimate of drug-likeness (QED) is 0.721. The van der Waals surface area contributed by atoms with E-state index in [9.17, 15) is 0 Å². The first-order valence-electron chi connectivity index (χ1n) is 9.39. The van der Waals surface area contributed by atoms with Gasteiger partial charge in [-0.05, 0) is 50.3 Å². The van der Waals surface area contributed by atoms with Gasteiger partial charge in [-0.1, -0.05) is 43.0 Å². The van der Waals surface area contributed by atoms with E-state index >= 15 is 0 Å². The summed E-state index contributed by atoms with van der Waals surface area (Å²) >= 11 is 12.5. The lowest BCUT2D eigenvalue weighted by Gasteiger charge is -2.30. The lowest BCUT2D eigenvalue weighted by atomic mass is 9.86. The van der Waals surface area contributed by atoms with Crippen molar-refractivity contribution >= 4 is 40.5 Å². The van der Waals surface area contributed by atoms with Crippen LogP contribution < -0.4 is 10.2 Å². The summed E-state index contributed by atoms with van der Waals surface area (Å²) in [6.07, 6.45) is 6.05. The standard InChI is InChI=1S/C20H24Cl2N4/c1-12-5-3-4-6-17(12)25-19-15-9-10-26(20(15)24-13(2)23-19)18-8-7-14(21)11-16(18)22/h7-8,11-12,17H,3-6,9-10H2,1-2H3,(H,23,24,25). The van der Waals surface area contributed by atoms with E-state index in [-0.39, 0.29) is 0 Å². The summed E-state index contributed by atoms with van der Waals surface area (Å²) < 4.78 is 0. The van der Waals surface area contributed by atoms with Crippen molar-refractivity contribution in [3.8, 4) is 0 Å². The van der Waals surface area contributed by atoms with Gasteiger partial charge in [0.05, 0.1) is 10.7 Å². The Hall–Kier alpha value is -1.52. The molecule has 4 rings (SSSR count). The third kappa shape index (κ3) is 3.37. The molecular formula is C20H24Cl2N4. The number of anilines is 3. The summed E-state index contributed by atoms with van der Waals surface area (Å²) in [4.78, 5) is 11.6. The van der Waals surface area contributed by atoms with Crippen molar-refractivity contribution < 1.29 is 0 Å². The van der Waals surface area contributed by atoms with Crippen LogP contribution >= 0.6 is 23.2 Å². The summed E-state index contributed by atoms with van der Waals surface area (Å²) in [5.74, 6) is 3.43. The van der Waals surface area contributed by atoms with Gasteiger partial charge < -0.3 is 10.2 Å². The van der Waals surface area contributed by atoms with E-state index < -0.39 is 0 Å². The van der Waals surface area contributed by atoms with Crippen molar-refractivity contribution in [2.75, 3.05) is 16.8 Å². The molecule has 2 aromatic rings. The molecule has 1 saturated carbocycles. The topological polar surface area (TPSA) is 41.1 Å². The number of aromatic nitrogens is 2. The number of rotatable bonds is 3. The van der Waals surface area contributed by atoms with Crippen LogP contribution in [-0.2, 0) is 6.42 Å². The molecule has 0 radical (unpaired) electrons. The number of nitrogens with zero attached hydrogens (tertiary/aromatic N) is 3. The fourth-order valence-corrected chi connectivity index (χ4v) is 4.63. The summed E-state index contributed by atoms with van der Waals surface area (Å²) in [7, 11) is 0. The monoisotopic (exact) mass is 390 g/mol. The lowest BCUT2D eigenvalue weighted by Crippen LogP contribution is -2.31. The Morgan fingerprint density at radius 1 is 1.15 bits per heavy atom. The molecule has 1 aliphatic carbocycles. The maximum absolute atomic E-state index is 6.45. The van der Waals surface area contributed by atoms with Gasteiger partial charge in [-0.3, -0.25) is 0 Å². The van der Waals surface area contributed by atoms with Gasteiger partial charge in [-0.2, -0.15) is 0 Å². The first kappa shape index (κ1) is 17.9. The van der Waals surface area contributed by atoms with E-state index in [1.165, 1.54) is 31.2 Å². The summed E-state index contributed by atoms with van der Waals surface area (Å²) in [6.45, 7) is 5.14. The molecule has 2 heterocycles. The minimum absolute atomic E-state index is 0.496. The Morgan fingerprint density at radius 3 is 2.73 bits per heavy atom. The highest BCUT2D eigenvalue weighted by atomic mass is 35.5. The van der Waals surface area contributed by atoms with Gasteiger partial charge in [0.2, 0.25) is 0 Å². The predicted molar refractivity (Wildman–Crippen MR) is 109 cm³/mol. The fraction of sp³-hybridized carbons (Fsp3) is 0.500. The van der Waals surface area contributed by atoms with Crippen LogP contribution in [0.25, 0.3) is 0 Å². The zero-order valence-corrected chi connectivity index (χ0v) is 16.7. The molecule has 26 heavy (non-hydrogen) atoms. The Bertz CT molecular complexity index is 824. The van der Waals surface area contributed by atoms with Crippen LogP contribution in [-0.4, -0.2) is 22.6 Å². The highest BCUT2D eigenvalue weighted by molar-refractivity contribution is 6.36. The molecule has 0 amide bonds. The minimum Gasteiger partial charge on any atom is -0.367 e. The Labute approximate surface area is 164 Å². The number of benzene rings is 1. The van der Waals surface area contributed by atoms with E-state index in [0.29, 0.717) is 22.0 Å². The van der Waals surface area contributed by atoms with Gasteiger partial charge in [0, 0.05) is 23.2 Å². The SMILES string of the molecule is Cc1nc(NC2CCCCC2C)c2c(n1)N(c1ccc(Cl)cc1Cl)CC2. The number of fused-ring (bicyclic) bond motifs is 1. The molecule has 0 saturated heterocycles. The zero-order chi connectivity index (χ0) is 18.3. The maximum Gasteiger partial charge on any atom is 0.142 e. The molecule has 4 nitrogen and oxygen atoms in total. The van der Waals surface area contributed by atoms with Crippen LogP contribution in [0, 0.1) is 12.8 Å². The van der Waals surface area contributed by atoms with Gasteiger partial charge in [-0.15, -0.1) is 0 Å². The molecule has 1 aliphatic heterocycles. The van der Waals surface area contributed by atoms with Crippen molar-refractivity contribution in [3.05, 3.63) is 39.6 Å². The molecule has 1 aromatic heterocycles. The molecule has 2 atom stereocenters. The average molecular weight is 391 g/mol. The predicted octanol–water partition coefficient (Wildman–Crippen LogP) is 5.78. The van der Waals surface area contributed by atoms with Gasteiger partial charge in [0.15, 0.2) is 0 Å². The second kappa shape index (κ2) is 7.24. The van der Waals surface area contributed by atoms with E-state index in [4.69, 9.17) is 33.2 Å². The summed E-state index contributed by atoms with van der Waals surface area (Å²) in [5, 5.41) is 5.03. The maximum atomic E-state index is 6.45. The summed E-state index contributed by atoms with van der Waals surface area (Å²) in [5.41, 5.74) is 2.14. The molecule has 0 spiro atoms. The smallest absolute Gasteiger partial charge is 0.142 e. The molecule has 1 fully saturated rings. The van der Waals surface area contributed by atoms with Crippen molar-refractivity contribution in [1.82, 2.24) is 9.97 Å². The third-order valence-electron chi connectivity index (χ3n) is 5.57. The Kier molecular flexibility index (Phi) is 4.98. The highest BCUT2D eigenvalue weighted by Crippen LogP contribution is 2.40. The average Bonchev–Trinajstić information content (AvgIpc) is 3.00. The molecule has 2 aliphatic rings. The minimum atomic E-state index is 0.496. The molecule has 0 bridgehead atoms. The third-order valence-corrected chi connectivity index (χ3v) is 6.11. The van der Waals surface area contributed by atoms with Crippen LogP contribution in [0.2, 0.25) is 10.0 Å². The highest BCUT2D eigenvalue weighted by Gasteiger charge is 2.29. The molecule has 6 heteroatoms. The van der Waals surface area contributed by atoms with Gasteiger partial charge in [0.25, 0.3) is 0 Å². The van der Waals surface area contributed by atoms with E-state index in [0.717, 1.165) is 36.1 Å². The largest absolute Gasteiger partial charge is 0.367 e. The van der Waals surface area contributed by atoms with Crippen molar-refractivity contribution in [1.29, 1.82) is 0 Å². The summed E-state index contributed by atoms with van der Waals surface area (Å²) in [6, 6.07) is 6.12. The van der Waals surface area contributed by atoms with Crippen LogP contribution in [0.3, 0.4) is 0 Å². The van der Waals surface area contributed by atoms with Crippen molar-refractivity contribution in [2.24, 2.45) is 5.92 Å². The Morgan fingerprint density at radius 2 is 1.96 bits per heavy atom. The van der Waals surface area contributed by atoms with E-state index in [1.807, 2.05) is 19.1 Å². The zero-order valence-electron chi connectivity index (χ0n) is 15.2. The second-order valence-electron chi connectivity index (χ2n) is 7.43. The van der Waals surface area contributed by atoms with Crippen molar-refractivity contribution in [2.45, 2.75) is 52.0 Å².